The quantitative estimate of drug-likeness (QED) is 0.198. The fourth-order valence-corrected chi connectivity index (χ4v) is 5.61. The second-order valence-corrected chi connectivity index (χ2v) is 9.73. The molecular weight excluding hydrogens is 438 g/mol. The Balaban J connectivity index is 1.49. The van der Waals surface area contributed by atoms with Crippen LogP contribution in [0, 0.1) is 25.7 Å². The second-order valence-electron chi connectivity index (χ2n) is 8.74. The zero-order chi connectivity index (χ0) is 23.1. The van der Waals surface area contributed by atoms with E-state index in [1.807, 2.05) is 19.1 Å². The molecule has 1 aliphatic rings. The van der Waals surface area contributed by atoms with Crippen LogP contribution in [0.15, 0.2) is 34.7 Å². The van der Waals surface area contributed by atoms with Crippen LogP contribution in [-0.2, 0) is 9.59 Å². The Labute approximate surface area is 195 Å². The number of thiazole rings is 1. The maximum atomic E-state index is 12.8. The minimum absolute atomic E-state index is 0.0547. The topological polar surface area (TPSA) is 78.6 Å². The number of furan rings is 1. The van der Waals surface area contributed by atoms with Crippen LogP contribution >= 0.6 is 11.3 Å². The van der Waals surface area contributed by atoms with Gasteiger partial charge in [0.25, 0.3) is 0 Å². The lowest BCUT2D eigenvalue weighted by Gasteiger charge is -2.23. The first kappa shape index (κ1) is 21.6. The molecule has 2 heterocycles. The molecule has 0 radical (unpaired) electrons. The molecule has 0 N–H and O–H groups in total. The predicted molar refractivity (Wildman–Crippen MR) is 128 cm³/mol. The number of carbonyl (C=O) groups is 2. The van der Waals surface area contributed by atoms with Crippen LogP contribution in [0.4, 0.5) is 0 Å². The summed E-state index contributed by atoms with van der Waals surface area (Å²) in [4.78, 5) is 28.6. The smallest absolute Gasteiger partial charge is 0.314 e. The molecule has 1 aliphatic carbocycles. The van der Waals surface area contributed by atoms with Crippen LogP contribution in [0.3, 0.4) is 0 Å². The number of benzene rings is 2. The molecule has 0 saturated heterocycles. The summed E-state index contributed by atoms with van der Waals surface area (Å²) in [6.45, 7) is 4.11. The third-order valence-corrected chi connectivity index (χ3v) is 7.48. The maximum Gasteiger partial charge on any atom is 0.314 e. The number of hydrogen-bond acceptors (Lipinski definition) is 7. The van der Waals surface area contributed by atoms with E-state index in [4.69, 9.17) is 18.9 Å². The largest absolute Gasteiger partial charge is 0.495 e. The van der Waals surface area contributed by atoms with Gasteiger partial charge < -0.3 is 18.7 Å². The summed E-state index contributed by atoms with van der Waals surface area (Å²) in [5, 5.41) is 1.76. The van der Waals surface area contributed by atoms with Crippen molar-refractivity contribution in [2.75, 3.05) is 7.11 Å². The van der Waals surface area contributed by atoms with Crippen LogP contribution in [0.1, 0.15) is 36.8 Å². The summed E-state index contributed by atoms with van der Waals surface area (Å²) in [7, 11) is 1.61. The van der Waals surface area contributed by atoms with Crippen LogP contribution < -0.4 is 9.47 Å². The van der Waals surface area contributed by atoms with Gasteiger partial charge in [-0.25, -0.2) is 4.98 Å². The summed E-state index contributed by atoms with van der Waals surface area (Å²) >= 11 is 1.45. The lowest BCUT2D eigenvalue weighted by Crippen LogP contribution is -2.26. The summed E-state index contributed by atoms with van der Waals surface area (Å²) in [5.74, 6) is 1.35. The first-order valence-corrected chi connectivity index (χ1v) is 11.9. The number of fused-ring (bicyclic) bond motifs is 2. The van der Waals surface area contributed by atoms with Crippen molar-refractivity contribution in [1.82, 2.24) is 4.98 Å². The highest BCUT2D eigenvalue weighted by atomic mass is 32.1. The van der Waals surface area contributed by atoms with E-state index >= 15 is 0 Å². The van der Waals surface area contributed by atoms with Gasteiger partial charge in [-0.05, 0) is 74.9 Å². The Morgan fingerprint density at radius 1 is 1.12 bits per heavy atom. The summed E-state index contributed by atoms with van der Waals surface area (Å²) < 4.78 is 18.3. The molecule has 7 heteroatoms. The van der Waals surface area contributed by atoms with Crippen molar-refractivity contribution in [1.29, 1.82) is 0 Å². The highest BCUT2D eigenvalue weighted by Crippen LogP contribution is 2.42. The maximum absolute atomic E-state index is 12.8. The van der Waals surface area contributed by atoms with Crippen molar-refractivity contribution in [2.24, 2.45) is 11.8 Å². The lowest BCUT2D eigenvalue weighted by molar-refractivity contribution is -0.140. The molecule has 1 fully saturated rings. The van der Waals surface area contributed by atoms with Gasteiger partial charge in [-0.1, -0.05) is 6.07 Å². The molecular formula is C26H25NO5S. The van der Waals surface area contributed by atoms with E-state index in [1.165, 1.54) is 11.3 Å². The highest BCUT2D eigenvalue weighted by Gasteiger charge is 2.28. The first-order chi connectivity index (χ1) is 16.0. The van der Waals surface area contributed by atoms with Gasteiger partial charge in [-0.2, -0.15) is 0 Å². The molecule has 1 saturated carbocycles. The van der Waals surface area contributed by atoms with Crippen molar-refractivity contribution in [3.8, 4) is 22.3 Å². The van der Waals surface area contributed by atoms with Crippen molar-refractivity contribution in [3.63, 3.8) is 0 Å². The number of aromatic nitrogens is 1. The van der Waals surface area contributed by atoms with Crippen LogP contribution in [0.2, 0.25) is 0 Å². The van der Waals surface area contributed by atoms with Crippen molar-refractivity contribution < 1.29 is 23.5 Å². The van der Waals surface area contributed by atoms with Crippen LogP contribution in [0.25, 0.3) is 32.0 Å². The van der Waals surface area contributed by atoms with E-state index in [0.29, 0.717) is 40.6 Å². The average Bonchev–Trinajstić information content (AvgIpc) is 3.44. The standard InChI is InChI=1S/C26H25NO5S/c1-14-10-15(2)18-12-22(31-21(18)11-14)25-27-23-19(8-9-20(30-3)24(23)33-25)32-26(29)17-6-4-16(13-28)5-7-17/h8-13,16-17H,4-7H2,1-3H3. The van der Waals surface area contributed by atoms with E-state index in [9.17, 15) is 9.59 Å². The average molecular weight is 464 g/mol. The number of aryl methyl sites for hydroxylation is 2. The molecule has 2 aromatic heterocycles. The monoisotopic (exact) mass is 463 g/mol. The summed E-state index contributed by atoms with van der Waals surface area (Å²) in [5.41, 5.74) is 3.70. The third-order valence-electron chi connectivity index (χ3n) is 6.40. The number of rotatable bonds is 5. The Hall–Kier alpha value is -3.19. The summed E-state index contributed by atoms with van der Waals surface area (Å²) in [6, 6.07) is 9.68. The molecule has 33 heavy (non-hydrogen) atoms. The third kappa shape index (κ3) is 4.02. The fourth-order valence-electron chi connectivity index (χ4n) is 4.58. The Kier molecular flexibility index (Phi) is 5.66. The van der Waals surface area contributed by atoms with E-state index in [0.717, 1.165) is 45.9 Å². The van der Waals surface area contributed by atoms with Gasteiger partial charge >= 0.3 is 5.97 Å². The fraction of sp³-hybridized carbons (Fsp3) is 0.346. The van der Waals surface area contributed by atoms with Gasteiger partial charge in [0.2, 0.25) is 0 Å². The first-order valence-electron chi connectivity index (χ1n) is 11.1. The molecule has 6 nitrogen and oxygen atoms in total. The van der Waals surface area contributed by atoms with E-state index < -0.39 is 0 Å². The van der Waals surface area contributed by atoms with Crippen LogP contribution in [0.5, 0.6) is 11.5 Å². The lowest BCUT2D eigenvalue weighted by atomic mass is 9.83. The number of esters is 1. The number of nitrogens with zero attached hydrogens (tertiary/aromatic N) is 1. The predicted octanol–water partition coefficient (Wildman–Crippen LogP) is 6.25. The van der Waals surface area contributed by atoms with E-state index in [1.54, 1.807) is 19.2 Å². The van der Waals surface area contributed by atoms with Gasteiger partial charge in [0.1, 0.15) is 27.8 Å². The molecule has 0 bridgehead atoms. The highest BCUT2D eigenvalue weighted by molar-refractivity contribution is 7.22. The SMILES string of the molecule is COc1ccc(OC(=O)C2CCC(C=O)CC2)c2nc(-c3cc4c(C)cc(C)cc4o3)sc12. The number of ether oxygens (including phenoxy) is 2. The zero-order valence-corrected chi connectivity index (χ0v) is 19.7. The molecule has 0 atom stereocenters. The number of methoxy groups -OCH3 is 1. The number of aldehydes is 1. The Morgan fingerprint density at radius 3 is 2.61 bits per heavy atom. The molecule has 2 aromatic carbocycles. The summed E-state index contributed by atoms with van der Waals surface area (Å²) in [6.07, 6.45) is 3.79. The molecule has 0 unspecified atom stereocenters. The van der Waals surface area contributed by atoms with Crippen molar-refractivity contribution in [3.05, 3.63) is 41.5 Å². The number of carbonyl (C=O) groups excluding carboxylic acids is 2. The second kappa shape index (κ2) is 8.63. The Morgan fingerprint density at radius 2 is 1.88 bits per heavy atom. The van der Waals surface area contributed by atoms with Gasteiger partial charge in [0, 0.05) is 11.3 Å². The minimum Gasteiger partial charge on any atom is -0.495 e. The van der Waals surface area contributed by atoms with Gasteiger partial charge in [-0.3, -0.25) is 4.79 Å². The zero-order valence-electron chi connectivity index (χ0n) is 18.8. The molecule has 5 rings (SSSR count). The molecule has 0 aliphatic heterocycles. The molecule has 4 aromatic rings. The molecule has 0 spiro atoms. The van der Waals surface area contributed by atoms with Crippen molar-refractivity contribution in [2.45, 2.75) is 39.5 Å². The molecule has 0 amide bonds. The Bertz CT molecular complexity index is 1360. The molecule has 170 valence electrons. The van der Waals surface area contributed by atoms with E-state index in [-0.39, 0.29) is 17.8 Å². The van der Waals surface area contributed by atoms with Gasteiger partial charge in [0.05, 0.1) is 13.0 Å². The van der Waals surface area contributed by atoms with Crippen molar-refractivity contribution >= 4 is 44.8 Å². The van der Waals surface area contributed by atoms with Gasteiger partial charge in [0.15, 0.2) is 16.5 Å². The van der Waals surface area contributed by atoms with E-state index in [2.05, 4.69) is 13.0 Å². The van der Waals surface area contributed by atoms with Crippen LogP contribution in [-0.4, -0.2) is 24.3 Å². The normalized spacial score (nSPS) is 18.5. The van der Waals surface area contributed by atoms with Gasteiger partial charge in [-0.15, -0.1) is 11.3 Å². The minimum atomic E-state index is -0.268. The number of hydrogen-bond donors (Lipinski definition) is 0.